The van der Waals surface area contributed by atoms with Gasteiger partial charge in [0, 0.05) is 0 Å². The second-order valence-electron chi connectivity index (χ2n) is 5.19. The smallest absolute Gasteiger partial charge is 0.265 e. The minimum Gasteiger partial charge on any atom is -0.467 e. The minimum atomic E-state index is -0.277. The summed E-state index contributed by atoms with van der Waals surface area (Å²) in [6.07, 6.45) is 1.56. The molecule has 0 aliphatic carbocycles. The van der Waals surface area contributed by atoms with Crippen LogP contribution < -0.4 is 10.6 Å². The fourth-order valence-electron chi connectivity index (χ4n) is 2.26. The van der Waals surface area contributed by atoms with E-state index in [1.165, 1.54) is 11.3 Å². The zero-order chi connectivity index (χ0) is 16.9. The van der Waals surface area contributed by atoms with Crippen molar-refractivity contribution in [2.24, 2.45) is 0 Å². The molecule has 3 rings (SSSR count). The number of carbonyl (C=O) groups is 2. The normalized spacial score (nSPS) is 11.7. The lowest BCUT2D eigenvalue weighted by Crippen LogP contribution is -2.27. The minimum absolute atomic E-state index is 0.232. The molecular weight excluding hydrogens is 324 g/mol. The molecule has 0 saturated heterocycles. The second kappa shape index (κ2) is 7.14. The number of hydrogen-bond acceptors (Lipinski definition) is 4. The average Bonchev–Trinajstić information content (AvgIpc) is 3.28. The van der Waals surface area contributed by atoms with Crippen molar-refractivity contribution in [3.63, 3.8) is 0 Å². The number of para-hydroxylation sites is 1. The molecule has 0 unspecified atom stereocenters. The van der Waals surface area contributed by atoms with Gasteiger partial charge in [0.1, 0.15) is 5.76 Å². The lowest BCUT2D eigenvalue weighted by Gasteiger charge is -2.14. The van der Waals surface area contributed by atoms with Crippen molar-refractivity contribution in [2.75, 3.05) is 5.32 Å². The van der Waals surface area contributed by atoms with Crippen LogP contribution in [0.3, 0.4) is 0 Å². The SMILES string of the molecule is C[C@@H](NC(=O)c1ccccc1NC(=O)c1cccs1)c1ccco1. The van der Waals surface area contributed by atoms with Crippen LogP contribution in [0.5, 0.6) is 0 Å². The number of hydrogen-bond donors (Lipinski definition) is 2. The van der Waals surface area contributed by atoms with Gasteiger partial charge in [-0.25, -0.2) is 0 Å². The summed E-state index contributed by atoms with van der Waals surface area (Å²) in [5.74, 6) is 0.161. The number of carbonyl (C=O) groups excluding carboxylic acids is 2. The van der Waals surface area contributed by atoms with Crippen LogP contribution >= 0.6 is 11.3 Å². The molecular formula is C18H16N2O3S. The molecule has 2 amide bonds. The largest absolute Gasteiger partial charge is 0.467 e. The molecule has 5 nitrogen and oxygen atoms in total. The number of anilines is 1. The lowest BCUT2D eigenvalue weighted by atomic mass is 10.1. The van der Waals surface area contributed by atoms with Gasteiger partial charge in [-0.3, -0.25) is 9.59 Å². The van der Waals surface area contributed by atoms with Crippen LogP contribution in [0.1, 0.15) is 38.8 Å². The van der Waals surface area contributed by atoms with Gasteiger partial charge in [0.2, 0.25) is 0 Å². The summed E-state index contributed by atoms with van der Waals surface area (Å²) in [5.41, 5.74) is 0.876. The molecule has 0 aliphatic rings. The predicted molar refractivity (Wildman–Crippen MR) is 93.3 cm³/mol. The number of rotatable bonds is 5. The first-order valence-electron chi connectivity index (χ1n) is 7.43. The molecule has 2 heterocycles. The summed E-state index contributed by atoms with van der Waals surface area (Å²) < 4.78 is 5.29. The molecule has 6 heteroatoms. The van der Waals surface area contributed by atoms with Gasteiger partial charge in [0.05, 0.1) is 28.4 Å². The fraction of sp³-hybridized carbons (Fsp3) is 0.111. The Kier molecular flexibility index (Phi) is 4.77. The Labute approximate surface area is 143 Å². The molecule has 0 radical (unpaired) electrons. The Morgan fingerprint density at radius 3 is 2.58 bits per heavy atom. The monoisotopic (exact) mass is 340 g/mol. The van der Waals surface area contributed by atoms with Crippen molar-refractivity contribution in [1.29, 1.82) is 0 Å². The highest BCUT2D eigenvalue weighted by molar-refractivity contribution is 7.12. The quantitative estimate of drug-likeness (QED) is 0.735. The van der Waals surface area contributed by atoms with Crippen molar-refractivity contribution in [3.05, 3.63) is 76.4 Å². The second-order valence-corrected chi connectivity index (χ2v) is 6.14. The zero-order valence-electron chi connectivity index (χ0n) is 13.0. The molecule has 0 fully saturated rings. The molecule has 1 atom stereocenters. The van der Waals surface area contributed by atoms with E-state index in [-0.39, 0.29) is 17.9 Å². The number of nitrogens with one attached hydrogen (secondary N) is 2. The van der Waals surface area contributed by atoms with Crippen molar-refractivity contribution in [1.82, 2.24) is 5.32 Å². The van der Waals surface area contributed by atoms with Crippen LogP contribution in [-0.4, -0.2) is 11.8 Å². The third kappa shape index (κ3) is 3.55. The maximum atomic E-state index is 12.5. The van der Waals surface area contributed by atoms with E-state index in [1.807, 2.05) is 18.4 Å². The standard InChI is InChI=1S/C18H16N2O3S/c1-12(15-8-4-10-23-15)19-17(21)13-6-2-3-7-14(13)20-18(22)16-9-5-11-24-16/h2-12H,1H3,(H,19,21)(H,20,22)/t12-/m1/s1. The van der Waals surface area contributed by atoms with Gasteiger partial charge in [-0.2, -0.15) is 0 Å². The Bertz CT molecular complexity index is 826. The number of amides is 2. The van der Waals surface area contributed by atoms with E-state index < -0.39 is 0 Å². The van der Waals surface area contributed by atoms with Crippen LogP contribution in [0.15, 0.2) is 64.6 Å². The predicted octanol–water partition coefficient (Wildman–Crippen LogP) is 4.08. The number of thiophene rings is 1. The maximum absolute atomic E-state index is 12.5. The van der Waals surface area contributed by atoms with Crippen molar-refractivity contribution >= 4 is 28.8 Å². The first-order valence-corrected chi connectivity index (χ1v) is 8.31. The molecule has 0 saturated carbocycles. The molecule has 0 spiro atoms. The molecule has 3 aromatic rings. The highest BCUT2D eigenvalue weighted by atomic mass is 32.1. The molecule has 0 aliphatic heterocycles. The van der Waals surface area contributed by atoms with E-state index in [0.29, 0.717) is 21.9 Å². The summed E-state index contributed by atoms with van der Waals surface area (Å²) in [5, 5.41) is 7.49. The first-order chi connectivity index (χ1) is 11.6. The van der Waals surface area contributed by atoms with Crippen LogP contribution in [0.4, 0.5) is 5.69 Å². The van der Waals surface area contributed by atoms with E-state index in [4.69, 9.17) is 4.42 Å². The fourth-order valence-corrected chi connectivity index (χ4v) is 2.88. The summed E-state index contributed by atoms with van der Waals surface area (Å²) in [6, 6.07) is 13.8. The Balaban J connectivity index is 1.76. The van der Waals surface area contributed by atoms with E-state index >= 15 is 0 Å². The highest BCUT2D eigenvalue weighted by Gasteiger charge is 2.17. The van der Waals surface area contributed by atoms with Crippen molar-refractivity contribution < 1.29 is 14.0 Å². The summed E-state index contributed by atoms with van der Waals surface area (Å²) in [4.78, 5) is 25.3. The van der Waals surface area contributed by atoms with Crippen LogP contribution in [-0.2, 0) is 0 Å². The van der Waals surface area contributed by atoms with E-state index in [2.05, 4.69) is 10.6 Å². The summed E-state index contributed by atoms with van der Waals surface area (Å²) in [6.45, 7) is 1.84. The Morgan fingerprint density at radius 2 is 1.88 bits per heavy atom. The van der Waals surface area contributed by atoms with Gasteiger partial charge in [0.25, 0.3) is 11.8 Å². The van der Waals surface area contributed by atoms with Crippen molar-refractivity contribution in [3.8, 4) is 0 Å². The number of furan rings is 1. The van der Waals surface area contributed by atoms with Crippen LogP contribution in [0.25, 0.3) is 0 Å². The van der Waals surface area contributed by atoms with E-state index in [0.717, 1.165) is 0 Å². The molecule has 122 valence electrons. The molecule has 2 aromatic heterocycles. The summed E-state index contributed by atoms with van der Waals surface area (Å²) >= 11 is 1.35. The molecule has 1 aromatic carbocycles. The van der Waals surface area contributed by atoms with Gasteiger partial charge in [-0.1, -0.05) is 18.2 Å². The molecule has 24 heavy (non-hydrogen) atoms. The zero-order valence-corrected chi connectivity index (χ0v) is 13.8. The van der Waals surface area contributed by atoms with E-state index in [9.17, 15) is 9.59 Å². The van der Waals surface area contributed by atoms with Gasteiger partial charge in [-0.05, 0) is 42.6 Å². The lowest BCUT2D eigenvalue weighted by molar-refractivity contribution is 0.0936. The topological polar surface area (TPSA) is 71.3 Å². The molecule has 2 N–H and O–H groups in total. The maximum Gasteiger partial charge on any atom is 0.265 e. The van der Waals surface area contributed by atoms with Crippen LogP contribution in [0.2, 0.25) is 0 Å². The first kappa shape index (κ1) is 16.0. The third-order valence-electron chi connectivity index (χ3n) is 3.48. The summed E-state index contributed by atoms with van der Waals surface area (Å²) in [7, 11) is 0. The molecule has 0 bridgehead atoms. The Morgan fingerprint density at radius 1 is 1.04 bits per heavy atom. The van der Waals surface area contributed by atoms with Gasteiger partial charge in [0.15, 0.2) is 0 Å². The number of benzene rings is 1. The average molecular weight is 340 g/mol. The van der Waals surface area contributed by atoms with Gasteiger partial charge >= 0.3 is 0 Å². The third-order valence-corrected chi connectivity index (χ3v) is 4.35. The Hall–Kier alpha value is -2.86. The highest BCUT2D eigenvalue weighted by Crippen LogP contribution is 2.20. The van der Waals surface area contributed by atoms with Gasteiger partial charge in [-0.15, -0.1) is 11.3 Å². The van der Waals surface area contributed by atoms with Crippen LogP contribution in [0, 0.1) is 0 Å². The van der Waals surface area contributed by atoms with E-state index in [1.54, 1.807) is 48.7 Å². The van der Waals surface area contributed by atoms with Crippen molar-refractivity contribution in [2.45, 2.75) is 13.0 Å². The van der Waals surface area contributed by atoms with Gasteiger partial charge < -0.3 is 15.1 Å².